The molecule has 7 heteroatoms. The Bertz CT molecular complexity index is 910. The van der Waals surface area contributed by atoms with Crippen LogP contribution in [0.4, 0.5) is 4.39 Å². The molecule has 1 aliphatic heterocycles. The molecule has 1 heterocycles. The number of rotatable bonds is 2. The van der Waals surface area contributed by atoms with Gasteiger partial charge in [-0.05, 0) is 62.7 Å². The first-order valence-electron chi connectivity index (χ1n) is 11.2. The van der Waals surface area contributed by atoms with Crippen molar-refractivity contribution in [2.45, 2.75) is 76.7 Å². The lowest BCUT2D eigenvalue weighted by atomic mass is 9.46. The Morgan fingerprint density at radius 2 is 1.97 bits per heavy atom. The summed E-state index contributed by atoms with van der Waals surface area (Å²) in [6, 6.07) is 0. The number of fused-ring (bicyclic) bond motifs is 7. The highest BCUT2D eigenvalue weighted by Gasteiger charge is 2.77. The van der Waals surface area contributed by atoms with Crippen molar-refractivity contribution < 1.29 is 33.7 Å². The van der Waals surface area contributed by atoms with E-state index in [2.05, 4.69) is 0 Å². The summed E-state index contributed by atoms with van der Waals surface area (Å²) >= 11 is 0. The average Bonchev–Trinajstić information content (AvgIpc) is 3.08. The Hall–Kier alpha value is -1.41. The van der Waals surface area contributed by atoms with E-state index < -0.39 is 53.0 Å². The minimum atomic E-state index is -1.37. The molecule has 9 atom stereocenters. The van der Waals surface area contributed by atoms with Gasteiger partial charge >= 0.3 is 0 Å². The summed E-state index contributed by atoms with van der Waals surface area (Å²) < 4.78 is 27.9. The van der Waals surface area contributed by atoms with E-state index in [9.17, 15) is 19.8 Å². The molecule has 0 radical (unpaired) electrons. The molecule has 0 aromatic heterocycles. The first-order chi connectivity index (χ1) is 14.4. The maximum atomic E-state index is 15.4. The number of aliphatic hydroxyl groups is 2. The van der Waals surface area contributed by atoms with Crippen LogP contribution in [0.1, 0.15) is 47.0 Å². The van der Waals surface area contributed by atoms with Crippen molar-refractivity contribution >= 4 is 11.6 Å². The van der Waals surface area contributed by atoms with Crippen molar-refractivity contribution in [2.24, 2.45) is 28.6 Å². The van der Waals surface area contributed by atoms with E-state index in [-0.39, 0.29) is 36.4 Å². The monoisotopic (exact) mass is 434 g/mol. The van der Waals surface area contributed by atoms with Gasteiger partial charge in [0.2, 0.25) is 0 Å². The summed E-state index contributed by atoms with van der Waals surface area (Å²) in [5.74, 6) is -2.28. The number of hydrogen-bond donors (Lipinski definition) is 2. The average molecular weight is 435 g/mol. The Morgan fingerprint density at radius 1 is 1.26 bits per heavy atom. The molecule has 0 amide bonds. The third kappa shape index (κ3) is 2.52. The molecule has 2 N–H and O–H groups in total. The number of aliphatic hydroxyl groups excluding tert-OH is 2. The van der Waals surface area contributed by atoms with Gasteiger partial charge in [-0.15, -0.1) is 0 Å². The van der Waals surface area contributed by atoms with E-state index in [0.717, 1.165) is 0 Å². The molecule has 1 saturated heterocycles. The molecular formula is C24H31FO6. The van der Waals surface area contributed by atoms with E-state index in [4.69, 9.17) is 9.47 Å². The van der Waals surface area contributed by atoms with Crippen LogP contribution in [0.15, 0.2) is 23.8 Å². The predicted molar refractivity (Wildman–Crippen MR) is 109 cm³/mol. The molecule has 170 valence electrons. The SMILES string of the molecule is CC1(C)O[C@@H]2C[C@@H]3[C@@H]4C[C@H](F)C5=CC(=O)C=C[C@]5(C)[C@@H]4[C@H](O)C[C@]3(C)[C@]2(C(=O)CO)O1. The second-order valence-corrected chi connectivity index (χ2v) is 11.0. The number of ketones is 2. The summed E-state index contributed by atoms with van der Waals surface area (Å²) in [6.07, 6.45) is 2.90. The number of halogens is 1. The van der Waals surface area contributed by atoms with Crippen LogP contribution in [0.25, 0.3) is 0 Å². The fraction of sp³-hybridized carbons (Fsp3) is 0.750. The number of carbonyl (C=O) groups excluding carboxylic acids is 2. The van der Waals surface area contributed by atoms with Gasteiger partial charge in [0, 0.05) is 16.7 Å². The zero-order valence-corrected chi connectivity index (χ0v) is 18.4. The topological polar surface area (TPSA) is 93.1 Å². The standard InChI is InChI=1S/C24H31FO6/c1-21(2)30-19-9-14-13-8-16(25)15-7-12(27)5-6-22(15,3)20(13)17(28)10-23(14,4)24(19,31-21)18(29)11-26/h5-7,13-14,16-17,19-20,26,28H,8-11H2,1-4H3/t13-,14+,16-,17+,19+,20-,22-,23-,24+/m0/s1. The highest BCUT2D eigenvalue weighted by Crippen LogP contribution is 2.70. The van der Waals surface area contributed by atoms with E-state index in [1.165, 1.54) is 12.2 Å². The quantitative estimate of drug-likeness (QED) is 0.693. The van der Waals surface area contributed by atoms with Crippen LogP contribution in [0, 0.1) is 28.6 Å². The molecule has 5 rings (SSSR count). The normalized spacial score (nSPS) is 52.1. The molecular weight excluding hydrogens is 403 g/mol. The Labute approximate surface area is 181 Å². The molecule has 31 heavy (non-hydrogen) atoms. The molecule has 0 bridgehead atoms. The van der Waals surface area contributed by atoms with Gasteiger partial charge in [-0.2, -0.15) is 0 Å². The van der Waals surface area contributed by atoms with Crippen molar-refractivity contribution in [3.05, 3.63) is 23.8 Å². The fourth-order valence-electron chi connectivity index (χ4n) is 8.05. The van der Waals surface area contributed by atoms with Crippen LogP contribution < -0.4 is 0 Å². The van der Waals surface area contributed by atoms with Crippen LogP contribution in [0.5, 0.6) is 0 Å². The lowest BCUT2D eigenvalue weighted by Gasteiger charge is -2.60. The smallest absolute Gasteiger partial charge is 0.193 e. The van der Waals surface area contributed by atoms with Crippen molar-refractivity contribution in [3.8, 4) is 0 Å². The van der Waals surface area contributed by atoms with Crippen molar-refractivity contribution in [1.29, 1.82) is 0 Å². The van der Waals surface area contributed by atoms with E-state index in [0.29, 0.717) is 12.0 Å². The van der Waals surface area contributed by atoms with Gasteiger partial charge in [-0.25, -0.2) is 4.39 Å². The second-order valence-electron chi connectivity index (χ2n) is 11.0. The van der Waals surface area contributed by atoms with E-state index in [1.807, 2.05) is 13.8 Å². The second kappa shape index (κ2) is 6.34. The fourth-order valence-corrected chi connectivity index (χ4v) is 8.05. The molecule has 4 fully saturated rings. The number of carbonyl (C=O) groups is 2. The predicted octanol–water partition coefficient (Wildman–Crippen LogP) is 2.27. The van der Waals surface area contributed by atoms with Gasteiger partial charge in [0.1, 0.15) is 12.8 Å². The molecule has 6 nitrogen and oxygen atoms in total. The summed E-state index contributed by atoms with van der Waals surface area (Å²) in [5, 5.41) is 21.3. The van der Waals surface area contributed by atoms with Gasteiger partial charge < -0.3 is 19.7 Å². The number of alkyl halides is 1. The third-order valence-electron chi connectivity index (χ3n) is 9.03. The van der Waals surface area contributed by atoms with Crippen LogP contribution in [-0.2, 0) is 19.1 Å². The number of Topliss-reactive ketones (excluding diaryl/α,β-unsaturated/α-hetero) is 1. The highest BCUT2D eigenvalue weighted by molar-refractivity contribution is 6.01. The zero-order chi connectivity index (χ0) is 22.6. The lowest BCUT2D eigenvalue weighted by molar-refractivity contribution is -0.226. The highest BCUT2D eigenvalue weighted by atomic mass is 19.1. The maximum Gasteiger partial charge on any atom is 0.193 e. The molecule has 0 unspecified atom stereocenters. The van der Waals surface area contributed by atoms with E-state index in [1.54, 1.807) is 19.9 Å². The van der Waals surface area contributed by atoms with Crippen LogP contribution >= 0.6 is 0 Å². The Balaban J connectivity index is 1.62. The van der Waals surface area contributed by atoms with Crippen molar-refractivity contribution in [3.63, 3.8) is 0 Å². The summed E-state index contributed by atoms with van der Waals surface area (Å²) in [5.41, 5.74) is -2.50. The lowest BCUT2D eigenvalue weighted by Crippen LogP contribution is -2.64. The molecule has 3 saturated carbocycles. The molecule has 0 aromatic carbocycles. The number of hydrogen-bond acceptors (Lipinski definition) is 6. The summed E-state index contributed by atoms with van der Waals surface area (Å²) in [7, 11) is 0. The van der Waals surface area contributed by atoms with Gasteiger partial charge in [0.05, 0.1) is 12.2 Å². The molecule has 0 aromatic rings. The third-order valence-corrected chi connectivity index (χ3v) is 9.03. The van der Waals surface area contributed by atoms with Crippen molar-refractivity contribution in [1.82, 2.24) is 0 Å². The van der Waals surface area contributed by atoms with Crippen molar-refractivity contribution in [2.75, 3.05) is 6.61 Å². The van der Waals surface area contributed by atoms with Gasteiger partial charge in [-0.1, -0.05) is 19.9 Å². The first kappa shape index (κ1) is 21.4. The minimum Gasteiger partial charge on any atom is -0.393 e. The zero-order valence-electron chi connectivity index (χ0n) is 18.4. The van der Waals surface area contributed by atoms with Crippen LogP contribution in [0.2, 0.25) is 0 Å². The van der Waals surface area contributed by atoms with Crippen LogP contribution in [0.3, 0.4) is 0 Å². The number of ether oxygens (including phenoxy) is 2. The first-order valence-corrected chi connectivity index (χ1v) is 11.2. The van der Waals surface area contributed by atoms with Gasteiger partial charge in [-0.3, -0.25) is 9.59 Å². The number of allylic oxidation sites excluding steroid dienone is 4. The van der Waals surface area contributed by atoms with Crippen LogP contribution in [-0.4, -0.2) is 58.2 Å². The van der Waals surface area contributed by atoms with E-state index >= 15 is 4.39 Å². The largest absolute Gasteiger partial charge is 0.393 e. The molecule has 4 aliphatic carbocycles. The van der Waals surface area contributed by atoms with Gasteiger partial charge in [0.15, 0.2) is 23.0 Å². The molecule has 0 spiro atoms. The summed E-state index contributed by atoms with van der Waals surface area (Å²) in [4.78, 5) is 25.1. The minimum absolute atomic E-state index is 0.125. The summed E-state index contributed by atoms with van der Waals surface area (Å²) in [6.45, 7) is 6.65. The van der Waals surface area contributed by atoms with Gasteiger partial charge in [0.25, 0.3) is 0 Å². The Morgan fingerprint density at radius 3 is 2.65 bits per heavy atom. The maximum absolute atomic E-state index is 15.4. The Kier molecular flexibility index (Phi) is 4.38. The molecule has 5 aliphatic rings.